The van der Waals surface area contributed by atoms with Gasteiger partial charge in [-0.3, -0.25) is 30.7 Å². The molecule has 0 spiro atoms. The lowest BCUT2D eigenvalue weighted by Crippen LogP contribution is -2.30. The number of nitrogens with one attached hydrogen (secondary N) is 3. The molecule has 0 bridgehead atoms. The molecule has 136 valence electrons. The highest BCUT2D eigenvalue weighted by Crippen LogP contribution is 2.31. The zero-order chi connectivity index (χ0) is 18.4. The molecular weight excluding hydrogens is 338 g/mol. The van der Waals surface area contributed by atoms with E-state index in [0.29, 0.717) is 5.56 Å². The number of carbonyl (C=O) groups excluding carboxylic acids is 1. The van der Waals surface area contributed by atoms with Gasteiger partial charge < -0.3 is 5.32 Å². The molecule has 0 radical (unpaired) electrons. The topological polar surface area (TPSA) is 135 Å². The Hall–Kier alpha value is -3.30. The Labute approximate surface area is 149 Å². The van der Waals surface area contributed by atoms with Crippen LogP contribution in [0.2, 0.25) is 0 Å². The predicted octanol–water partition coefficient (Wildman–Crippen LogP) is 2.28. The molecule has 26 heavy (non-hydrogen) atoms. The third-order valence-corrected chi connectivity index (χ3v) is 4.17. The first-order chi connectivity index (χ1) is 12.6. The van der Waals surface area contributed by atoms with Gasteiger partial charge in [-0.1, -0.05) is 19.3 Å². The molecule has 2 aromatic heterocycles. The maximum atomic E-state index is 12.1. The summed E-state index contributed by atoms with van der Waals surface area (Å²) in [5.74, 6) is -0.414. The summed E-state index contributed by atoms with van der Waals surface area (Å²) in [4.78, 5) is 34.8. The van der Waals surface area contributed by atoms with Crippen LogP contribution in [-0.4, -0.2) is 31.8 Å². The van der Waals surface area contributed by atoms with Gasteiger partial charge in [0.1, 0.15) is 6.33 Å². The minimum atomic E-state index is -0.566. The Morgan fingerprint density at radius 2 is 1.96 bits per heavy atom. The second-order valence-corrected chi connectivity index (χ2v) is 5.98. The van der Waals surface area contributed by atoms with Crippen molar-refractivity contribution in [3.63, 3.8) is 0 Å². The summed E-state index contributed by atoms with van der Waals surface area (Å²) in [6.07, 6.45) is 9.40. The molecule has 10 nitrogen and oxygen atoms in total. The lowest BCUT2D eigenvalue weighted by atomic mass is 9.95. The third kappa shape index (κ3) is 4.21. The van der Waals surface area contributed by atoms with Gasteiger partial charge in [0.25, 0.3) is 5.91 Å². The van der Waals surface area contributed by atoms with E-state index in [2.05, 4.69) is 31.1 Å². The smallest absolute Gasteiger partial charge is 0.354 e. The van der Waals surface area contributed by atoms with Crippen molar-refractivity contribution in [2.75, 3.05) is 10.7 Å². The zero-order valence-electron chi connectivity index (χ0n) is 14.0. The highest BCUT2D eigenvalue weighted by atomic mass is 16.6. The van der Waals surface area contributed by atoms with Crippen LogP contribution in [0.1, 0.15) is 42.5 Å². The molecule has 2 aromatic rings. The molecule has 0 unspecified atom stereocenters. The van der Waals surface area contributed by atoms with Crippen molar-refractivity contribution in [3.8, 4) is 0 Å². The van der Waals surface area contributed by atoms with Gasteiger partial charge >= 0.3 is 5.69 Å². The van der Waals surface area contributed by atoms with Gasteiger partial charge in [-0.15, -0.1) is 0 Å². The van der Waals surface area contributed by atoms with Crippen molar-refractivity contribution < 1.29 is 9.72 Å². The van der Waals surface area contributed by atoms with Crippen molar-refractivity contribution in [3.05, 3.63) is 46.5 Å². The van der Waals surface area contributed by atoms with Gasteiger partial charge in [-0.05, 0) is 25.0 Å². The molecule has 2 heterocycles. The van der Waals surface area contributed by atoms with Gasteiger partial charge in [0.15, 0.2) is 0 Å². The van der Waals surface area contributed by atoms with Crippen LogP contribution in [0.4, 0.5) is 17.3 Å². The van der Waals surface area contributed by atoms with Crippen molar-refractivity contribution in [1.82, 2.24) is 20.4 Å². The average molecular weight is 357 g/mol. The van der Waals surface area contributed by atoms with Crippen molar-refractivity contribution >= 4 is 23.2 Å². The number of nitro groups is 1. The number of aromatic nitrogens is 3. The number of hydrogen-bond donors (Lipinski definition) is 3. The van der Waals surface area contributed by atoms with Crippen LogP contribution >= 0.6 is 0 Å². The Balaban J connectivity index is 1.75. The number of carbonyl (C=O) groups is 1. The van der Waals surface area contributed by atoms with Gasteiger partial charge in [0, 0.05) is 18.4 Å². The number of nitrogens with zero attached hydrogens (tertiary/aromatic N) is 4. The van der Waals surface area contributed by atoms with Crippen LogP contribution in [-0.2, 0) is 0 Å². The van der Waals surface area contributed by atoms with E-state index < -0.39 is 10.8 Å². The first kappa shape index (κ1) is 17.5. The van der Waals surface area contributed by atoms with E-state index in [-0.39, 0.29) is 23.4 Å². The summed E-state index contributed by atoms with van der Waals surface area (Å²) in [7, 11) is 0. The Morgan fingerprint density at radius 1 is 1.19 bits per heavy atom. The number of hydrazine groups is 1. The van der Waals surface area contributed by atoms with E-state index in [1.807, 2.05) is 0 Å². The summed E-state index contributed by atoms with van der Waals surface area (Å²) in [6, 6.07) is 3.35. The fraction of sp³-hybridized carbons (Fsp3) is 0.375. The number of pyridine rings is 1. The highest BCUT2D eigenvalue weighted by Gasteiger charge is 2.26. The van der Waals surface area contributed by atoms with Crippen LogP contribution in [0.3, 0.4) is 0 Å². The molecule has 0 atom stereocenters. The summed E-state index contributed by atoms with van der Waals surface area (Å²) in [5, 5.41) is 14.7. The molecular formula is C16H19N7O3. The summed E-state index contributed by atoms with van der Waals surface area (Å²) < 4.78 is 0. The SMILES string of the molecule is O=C(NNc1ncnc(NC2CCCCC2)c1[N+](=O)[O-])c1cccnc1. The molecule has 1 aliphatic carbocycles. The van der Waals surface area contributed by atoms with Gasteiger partial charge in [0.2, 0.25) is 11.6 Å². The second-order valence-electron chi connectivity index (χ2n) is 5.98. The van der Waals surface area contributed by atoms with Gasteiger partial charge in [-0.2, -0.15) is 0 Å². The van der Waals surface area contributed by atoms with Crippen molar-refractivity contribution in [2.24, 2.45) is 0 Å². The minimum absolute atomic E-state index is 0.0828. The Bertz CT molecular complexity index is 779. The van der Waals surface area contributed by atoms with E-state index in [0.717, 1.165) is 25.7 Å². The molecule has 0 aliphatic heterocycles. The average Bonchev–Trinajstić information content (AvgIpc) is 2.67. The normalized spacial score (nSPS) is 14.5. The van der Waals surface area contributed by atoms with Crippen LogP contribution < -0.4 is 16.2 Å². The first-order valence-electron chi connectivity index (χ1n) is 8.37. The molecule has 3 N–H and O–H groups in total. The standard InChI is InChI=1S/C16H19N7O3/c24-16(11-5-4-8-17-9-11)22-21-15-13(23(25)26)14(18-10-19-15)20-12-6-2-1-3-7-12/h4-5,8-10,12H,1-3,6-7H2,(H,22,24)(H2,18,19,20,21). The molecule has 0 saturated heterocycles. The van der Waals surface area contributed by atoms with Gasteiger partial charge in [0.05, 0.1) is 10.5 Å². The zero-order valence-corrected chi connectivity index (χ0v) is 14.0. The van der Waals surface area contributed by atoms with E-state index in [1.54, 1.807) is 18.3 Å². The van der Waals surface area contributed by atoms with Crippen LogP contribution in [0, 0.1) is 10.1 Å². The molecule has 1 fully saturated rings. The highest BCUT2D eigenvalue weighted by molar-refractivity contribution is 5.94. The second kappa shape index (κ2) is 8.19. The monoisotopic (exact) mass is 357 g/mol. The summed E-state index contributed by atoms with van der Waals surface area (Å²) in [6.45, 7) is 0. The first-order valence-corrected chi connectivity index (χ1v) is 8.37. The van der Waals surface area contributed by atoms with E-state index in [9.17, 15) is 14.9 Å². The quantitative estimate of drug-likeness (QED) is 0.529. The molecule has 3 rings (SSSR count). The number of amides is 1. The Kier molecular flexibility index (Phi) is 5.52. The minimum Gasteiger partial charge on any atom is -0.361 e. The lowest BCUT2D eigenvalue weighted by Gasteiger charge is -2.23. The van der Waals surface area contributed by atoms with E-state index in [4.69, 9.17) is 0 Å². The molecule has 0 aromatic carbocycles. The molecule has 1 aliphatic rings. The molecule has 1 amide bonds. The fourth-order valence-electron chi connectivity index (χ4n) is 2.87. The number of anilines is 2. The summed E-state index contributed by atoms with van der Waals surface area (Å²) in [5.41, 5.74) is 4.92. The lowest BCUT2D eigenvalue weighted by molar-refractivity contribution is -0.383. The maximum Gasteiger partial charge on any atom is 0.354 e. The summed E-state index contributed by atoms with van der Waals surface area (Å²) >= 11 is 0. The van der Waals surface area contributed by atoms with E-state index >= 15 is 0 Å². The van der Waals surface area contributed by atoms with Crippen LogP contribution in [0.25, 0.3) is 0 Å². The maximum absolute atomic E-state index is 12.1. The van der Waals surface area contributed by atoms with Crippen molar-refractivity contribution in [1.29, 1.82) is 0 Å². The number of rotatable bonds is 6. The fourth-order valence-corrected chi connectivity index (χ4v) is 2.87. The Morgan fingerprint density at radius 3 is 2.65 bits per heavy atom. The largest absolute Gasteiger partial charge is 0.361 e. The van der Waals surface area contributed by atoms with Crippen molar-refractivity contribution in [2.45, 2.75) is 38.1 Å². The molecule has 1 saturated carbocycles. The van der Waals surface area contributed by atoms with Gasteiger partial charge in [-0.25, -0.2) is 9.97 Å². The predicted molar refractivity (Wildman–Crippen MR) is 94.5 cm³/mol. The molecule has 10 heteroatoms. The third-order valence-electron chi connectivity index (χ3n) is 4.17. The number of hydrogen-bond acceptors (Lipinski definition) is 8. The van der Waals surface area contributed by atoms with Crippen LogP contribution in [0.5, 0.6) is 0 Å². The van der Waals surface area contributed by atoms with E-state index in [1.165, 1.54) is 18.9 Å². The van der Waals surface area contributed by atoms with Crippen LogP contribution in [0.15, 0.2) is 30.9 Å².